The SMILES string of the molecule is CCc1ccccc1NC(=O)C1CC12CCNCC2. The van der Waals surface area contributed by atoms with Crippen LogP contribution in [0.5, 0.6) is 0 Å². The zero-order chi connectivity index (χ0) is 13.3. The number of anilines is 1. The summed E-state index contributed by atoms with van der Waals surface area (Å²) in [5.41, 5.74) is 2.53. The average molecular weight is 258 g/mol. The van der Waals surface area contributed by atoms with Gasteiger partial charge in [-0.15, -0.1) is 0 Å². The van der Waals surface area contributed by atoms with Gasteiger partial charge in [0.25, 0.3) is 0 Å². The van der Waals surface area contributed by atoms with Gasteiger partial charge < -0.3 is 10.6 Å². The van der Waals surface area contributed by atoms with Crippen molar-refractivity contribution >= 4 is 11.6 Å². The van der Waals surface area contributed by atoms with E-state index in [-0.39, 0.29) is 11.8 Å². The molecule has 1 saturated heterocycles. The first-order valence-electron chi connectivity index (χ1n) is 7.35. The lowest BCUT2D eigenvalue weighted by Crippen LogP contribution is -2.31. The van der Waals surface area contributed by atoms with Gasteiger partial charge in [-0.25, -0.2) is 0 Å². The van der Waals surface area contributed by atoms with Crippen LogP contribution in [0.4, 0.5) is 5.69 Å². The number of carbonyl (C=O) groups excluding carboxylic acids is 1. The maximum absolute atomic E-state index is 12.4. The standard InChI is InChI=1S/C16H22N2O/c1-2-12-5-3-4-6-14(12)18-15(19)13-11-16(13)7-9-17-10-8-16/h3-6,13,17H,2,7-11H2,1H3,(H,18,19). The Morgan fingerprint density at radius 1 is 1.37 bits per heavy atom. The first-order chi connectivity index (χ1) is 9.25. The molecule has 19 heavy (non-hydrogen) atoms. The Morgan fingerprint density at radius 2 is 2.11 bits per heavy atom. The molecule has 1 aliphatic carbocycles. The summed E-state index contributed by atoms with van der Waals surface area (Å²) in [7, 11) is 0. The van der Waals surface area contributed by atoms with E-state index in [1.165, 1.54) is 5.56 Å². The Hall–Kier alpha value is -1.35. The second-order valence-corrected chi connectivity index (χ2v) is 5.87. The fourth-order valence-electron chi connectivity index (χ4n) is 3.37. The first kappa shape index (κ1) is 12.7. The number of hydrogen-bond donors (Lipinski definition) is 2. The van der Waals surface area contributed by atoms with E-state index in [0.717, 1.165) is 44.5 Å². The van der Waals surface area contributed by atoms with Crippen LogP contribution < -0.4 is 10.6 Å². The summed E-state index contributed by atoms with van der Waals surface area (Å²) in [6, 6.07) is 8.11. The van der Waals surface area contributed by atoms with Crippen molar-refractivity contribution in [2.45, 2.75) is 32.6 Å². The summed E-state index contributed by atoms with van der Waals surface area (Å²) in [5.74, 6) is 0.460. The van der Waals surface area contributed by atoms with Crippen molar-refractivity contribution in [1.29, 1.82) is 0 Å². The molecule has 1 aliphatic heterocycles. The molecule has 1 aromatic rings. The molecule has 0 radical (unpaired) electrons. The molecule has 1 aromatic carbocycles. The highest BCUT2D eigenvalue weighted by Gasteiger charge is 2.57. The van der Waals surface area contributed by atoms with Gasteiger partial charge in [0.05, 0.1) is 0 Å². The third kappa shape index (κ3) is 2.39. The normalized spacial score (nSPS) is 24.2. The van der Waals surface area contributed by atoms with E-state index in [9.17, 15) is 4.79 Å². The van der Waals surface area contributed by atoms with Crippen LogP contribution in [0.2, 0.25) is 0 Å². The van der Waals surface area contributed by atoms with Crippen LogP contribution in [0.3, 0.4) is 0 Å². The van der Waals surface area contributed by atoms with Crippen LogP contribution in [0.1, 0.15) is 31.7 Å². The van der Waals surface area contributed by atoms with Crippen LogP contribution in [-0.4, -0.2) is 19.0 Å². The molecule has 0 aromatic heterocycles. The average Bonchev–Trinajstić information content (AvgIpc) is 3.14. The molecule has 3 heteroatoms. The highest BCUT2D eigenvalue weighted by Crippen LogP contribution is 2.58. The second-order valence-electron chi connectivity index (χ2n) is 5.87. The predicted molar refractivity (Wildman–Crippen MR) is 77.1 cm³/mol. The second kappa shape index (κ2) is 4.97. The van der Waals surface area contributed by atoms with Crippen molar-refractivity contribution in [3.63, 3.8) is 0 Å². The topological polar surface area (TPSA) is 41.1 Å². The number of para-hydroxylation sites is 1. The minimum Gasteiger partial charge on any atom is -0.326 e. The molecule has 1 spiro atoms. The van der Waals surface area contributed by atoms with Gasteiger partial charge in [-0.2, -0.15) is 0 Å². The molecule has 1 atom stereocenters. The Labute approximate surface area is 114 Å². The molecule has 1 saturated carbocycles. The molecule has 102 valence electrons. The van der Waals surface area contributed by atoms with E-state index >= 15 is 0 Å². The molecule has 3 rings (SSSR count). The fourth-order valence-corrected chi connectivity index (χ4v) is 3.37. The smallest absolute Gasteiger partial charge is 0.228 e. The van der Waals surface area contributed by atoms with E-state index in [4.69, 9.17) is 0 Å². The summed E-state index contributed by atoms with van der Waals surface area (Å²) in [6.45, 7) is 4.25. The van der Waals surface area contributed by atoms with Gasteiger partial charge in [-0.3, -0.25) is 4.79 Å². The monoisotopic (exact) mass is 258 g/mol. The Kier molecular flexibility index (Phi) is 3.31. The molecule has 1 amide bonds. The van der Waals surface area contributed by atoms with Gasteiger partial charge in [-0.05, 0) is 55.8 Å². The Balaban J connectivity index is 1.66. The molecule has 1 heterocycles. The van der Waals surface area contributed by atoms with Gasteiger partial charge in [0.2, 0.25) is 5.91 Å². The molecule has 0 bridgehead atoms. The van der Waals surface area contributed by atoms with Gasteiger partial charge in [0.15, 0.2) is 0 Å². The van der Waals surface area contributed by atoms with E-state index in [1.807, 2.05) is 18.2 Å². The van der Waals surface area contributed by atoms with E-state index in [0.29, 0.717) is 5.41 Å². The van der Waals surface area contributed by atoms with Crippen LogP contribution in [0, 0.1) is 11.3 Å². The third-order valence-electron chi connectivity index (χ3n) is 4.76. The molecule has 2 aliphatic rings. The Bertz CT molecular complexity index is 477. The van der Waals surface area contributed by atoms with Crippen LogP contribution >= 0.6 is 0 Å². The van der Waals surface area contributed by atoms with E-state index < -0.39 is 0 Å². The summed E-state index contributed by atoms with van der Waals surface area (Å²) in [5, 5.41) is 6.51. The number of amides is 1. The molecule has 2 fully saturated rings. The lowest BCUT2D eigenvalue weighted by atomic mass is 9.91. The van der Waals surface area contributed by atoms with Crippen LogP contribution in [-0.2, 0) is 11.2 Å². The number of rotatable bonds is 3. The predicted octanol–water partition coefficient (Wildman–Crippen LogP) is 2.58. The van der Waals surface area contributed by atoms with Gasteiger partial charge in [-0.1, -0.05) is 25.1 Å². The van der Waals surface area contributed by atoms with Crippen molar-refractivity contribution in [3.8, 4) is 0 Å². The van der Waals surface area contributed by atoms with Crippen LogP contribution in [0.25, 0.3) is 0 Å². The van der Waals surface area contributed by atoms with Crippen molar-refractivity contribution < 1.29 is 4.79 Å². The third-order valence-corrected chi connectivity index (χ3v) is 4.76. The number of hydrogen-bond acceptors (Lipinski definition) is 2. The molecule has 1 unspecified atom stereocenters. The van der Waals surface area contributed by atoms with Crippen molar-refractivity contribution in [1.82, 2.24) is 5.32 Å². The molecule has 3 nitrogen and oxygen atoms in total. The summed E-state index contributed by atoms with van der Waals surface area (Å²) in [4.78, 5) is 12.4. The number of carbonyl (C=O) groups is 1. The molecular weight excluding hydrogens is 236 g/mol. The lowest BCUT2D eigenvalue weighted by Gasteiger charge is -2.23. The lowest BCUT2D eigenvalue weighted by molar-refractivity contribution is -0.118. The number of benzene rings is 1. The van der Waals surface area contributed by atoms with Crippen LogP contribution in [0.15, 0.2) is 24.3 Å². The zero-order valence-electron chi connectivity index (χ0n) is 11.5. The maximum Gasteiger partial charge on any atom is 0.228 e. The van der Waals surface area contributed by atoms with E-state index in [1.54, 1.807) is 0 Å². The largest absolute Gasteiger partial charge is 0.326 e. The Morgan fingerprint density at radius 3 is 2.84 bits per heavy atom. The molecule has 2 N–H and O–H groups in total. The fraction of sp³-hybridized carbons (Fsp3) is 0.562. The maximum atomic E-state index is 12.4. The highest BCUT2D eigenvalue weighted by atomic mass is 16.2. The van der Waals surface area contributed by atoms with Crippen molar-refractivity contribution in [3.05, 3.63) is 29.8 Å². The first-order valence-corrected chi connectivity index (χ1v) is 7.35. The van der Waals surface area contributed by atoms with Gasteiger partial charge in [0.1, 0.15) is 0 Å². The zero-order valence-corrected chi connectivity index (χ0v) is 11.5. The van der Waals surface area contributed by atoms with Gasteiger partial charge >= 0.3 is 0 Å². The molecular formula is C16H22N2O. The summed E-state index contributed by atoms with van der Waals surface area (Å²) >= 11 is 0. The van der Waals surface area contributed by atoms with E-state index in [2.05, 4.69) is 23.6 Å². The number of nitrogens with one attached hydrogen (secondary N) is 2. The quantitative estimate of drug-likeness (QED) is 0.875. The summed E-state index contributed by atoms with van der Waals surface area (Å²) < 4.78 is 0. The highest BCUT2D eigenvalue weighted by molar-refractivity contribution is 5.95. The summed E-state index contributed by atoms with van der Waals surface area (Å²) in [6.07, 6.45) is 4.34. The number of piperidine rings is 1. The minimum atomic E-state index is 0.225. The minimum absolute atomic E-state index is 0.225. The van der Waals surface area contributed by atoms with Crippen molar-refractivity contribution in [2.75, 3.05) is 18.4 Å². The van der Waals surface area contributed by atoms with Crippen molar-refractivity contribution in [2.24, 2.45) is 11.3 Å². The van der Waals surface area contributed by atoms with Gasteiger partial charge in [0, 0.05) is 11.6 Å². The number of aryl methyl sites for hydroxylation is 1.